The van der Waals surface area contributed by atoms with Crippen LogP contribution in [0, 0.1) is 5.92 Å². The Kier molecular flexibility index (Phi) is 2.92. The van der Waals surface area contributed by atoms with Gasteiger partial charge in [-0.3, -0.25) is 9.78 Å². The molecule has 0 saturated carbocycles. The van der Waals surface area contributed by atoms with Gasteiger partial charge in [0.05, 0.1) is 0 Å². The van der Waals surface area contributed by atoms with E-state index in [0.29, 0.717) is 6.42 Å². The molecule has 0 saturated heterocycles. The van der Waals surface area contributed by atoms with E-state index in [0.717, 1.165) is 12.0 Å². The fraction of sp³-hybridized carbons (Fsp3) is 0.333. The third kappa shape index (κ3) is 2.50. The molecule has 15 heavy (non-hydrogen) atoms. The van der Waals surface area contributed by atoms with E-state index in [1.807, 2.05) is 24.3 Å². The minimum absolute atomic E-state index is 0.00756. The second-order valence-corrected chi connectivity index (χ2v) is 3.89. The van der Waals surface area contributed by atoms with Crippen LogP contribution in [0.15, 0.2) is 36.7 Å². The van der Waals surface area contributed by atoms with Crippen molar-refractivity contribution in [3.8, 4) is 0 Å². The predicted molar refractivity (Wildman–Crippen MR) is 58.2 cm³/mol. The summed E-state index contributed by atoms with van der Waals surface area (Å²) in [5.41, 5.74) is 6.72. The largest absolute Gasteiger partial charge is 0.324 e. The summed E-state index contributed by atoms with van der Waals surface area (Å²) in [5, 5.41) is 0. The number of hydrogen-bond acceptors (Lipinski definition) is 3. The summed E-state index contributed by atoms with van der Waals surface area (Å²) < 4.78 is 0. The molecule has 78 valence electrons. The molecule has 1 aliphatic rings. The summed E-state index contributed by atoms with van der Waals surface area (Å²) in [4.78, 5) is 15.8. The molecular formula is C12H14N2O. The Morgan fingerprint density at radius 3 is 2.73 bits per heavy atom. The molecule has 0 bridgehead atoms. The molecule has 1 heterocycles. The number of nitrogens with zero attached hydrogens (tertiary/aromatic N) is 1. The summed E-state index contributed by atoms with van der Waals surface area (Å²) in [5.74, 6) is 0.249. The van der Waals surface area contributed by atoms with Gasteiger partial charge in [0.15, 0.2) is 0 Å². The molecule has 0 spiro atoms. The molecule has 2 N–H and O–H groups in total. The van der Waals surface area contributed by atoms with Gasteiger partial charge in [-0.2, -0.15) is 0 Å². The smallest absolute Gasteiger partial charge is 0.144 e. The maximum atomic E-state index is 11.8. The van der Waals surface area contributed by atoms with Crippen LogP contribution < -0.4 is 5.73 Å². The van der Waals surface area contributed by atoms with E-state index in [1.54, 1.807) is 12.4 Å². The van der Waals surface area contributed by atoms with Gasteiger partial charge in [0.1, 0.15) is 5.78 Å². The Bertz CT molecular complexity index is 372. The standard InChI is InChI=1S/C12H14N2O/c13-11-2-1-10(8-11)12(15)7-9-3-5-14-6-4-9/h1-6,10-11H,7-8,13H2. The first kappa shape index (κ1) is 10.1. The van der Waals surface area contributed by atoms with Gasteiger partial charge in [0, 0.05) is 30.8 Å². The van der Waals surface area contributed by atoms with Crippen LogP contribution in [0.5, 0.6) is 0 Å². The van der Waals surface area contributed by atoms with E-state index < -0.39 is 0 Å². The van der Waals surface area contributed by atoms with Crippen LogP contribution in [-0.2, 0) is 11.2 Å². The van der Waals surface area contributed by atoms with Crippen molar-refractivity contribution in [2.45, 2.75) is 18.9 Å². The molecular weight excluding hydrogens is 188 g/mol. The lowest BCUT2D eigenvalue weighted by atomic mass is 9.97. The van der Waals surface area contributed by atoms with Crippen LogP contribution in [0.2, 0.25) is 0 Å². The van der Waals surface area contributed by atoms with Gasteiger partial charge >= 0.3 is 0 Å². The molecule has 0 aliphatic heterocycles. The summed E-state index contributed by atoms with van der Waals surface area (Å²) in [6.07, 6.45) is 8.48. The molecule has 2 unspecified atom stereocenters. The van der Waals surface area contributed by atoms with E-state index in [2.05, 4.69) is 4.98 Å². The van der Waals surface area contributed by atoms with E-state index in [1.165, 1.54) is 0 Å². The van der Waals surface area contributed by atoms with Crippen LogP contribution >= 0.6 is 0 Å². The van der Waals surface area contributed by atoms with Gasteiger partial charge in [0.2, 0.25) is 0 Å². The molecule has 1 aromatic rings. The van der Waals surface area contributed by atoms with Crippen molar-refractivity contribution in [1.29, 1.82) is 0 Å². The van der Waals surface area contributed by atoms with Crippen molar-refractivity contribution in [2.24, 2.45) is 11.7 Å². The Balaban J connectivity index is 1.96. The van der Waals surface area contributed by atoms with E-state index in [-0.39, 0.29) is 17.7 Å². The summed E-state index contributed by atoms with van der Waals surface area (Å²) in [6.45, 7) is 0. The van der Waals surface area contributed by atoms with Gasteiger partial charge < -0.3 is 5.73 Å². The maximum Gasteiger partial charge on any atom is 0.144 e. The molecule has 3 nitrogen and oxygen atoms in total. The van der Waals surface area contributed by atoms with Crippen molar-refractivity contribution < 1.29 is 4.79 Å². The SMILES string of the molecule is NC1C=CC(C(=O)Cc2ccncc2)C1. The third-order valence-electron chi connectivity index (χ3n) is 2.66. The second-order valence-electron chi connectivity index (χ2n) is 3.89. The minimum Gasteiger partial charge on any atom is -0.324 e. The molecule has 0 fully saturated rings. The first-order chi connectivity index (χ1) is 7.25. The van der Waals surface area contributed by atoms with Crippen molar-refractivity contribution in [3.05, 3.63) is 42.2 Å². The molecule has 0 amide bonds. The molecule has 0 aromatic carbocycles. The zero-order valence-corrected chi connectivity index (χ0v) is 8.47. The van der Waals surface area contributed by atoms with E-state index >= 15 is 0 Å². The average molecular weight is 202 g/mol. The molecule has 1 aliphatic carbocycles. The lowest BCUT2D eigenvalue weighted by molar-refractivity contribution is -0.120. The van der Waals surface area contributed by atoms with Crippen LogP contribution in [0.4, 0.5) is 0 Å². The lowest BCUT2D eigenvalue weighted by Gasteiger charge is -2.07. The minimum atomic E-state index is 0.00756. The zero-order valence-electron chi connectivity index (χ0n) is 8.47. The van der Waals surface area contributed by atoms with Gasteiger partial charge in [-0.05, 0) is 24.1 Å². The van der Waals surface area contributed by atoms with Crippen LogP contribution in [0.3, 0.4) is 0 Å². The van der Waals surface area contributed by atoms with Crippen LogP contribution in [-0.4, -0.2) is 16.8 Å². The quantitative estimate of drug-likeness (QED) is 0.747. The topological polar surface area (TPSA) is 56.0 Å². The van der Waals surface area contributed by atoms with Crippen molar-refractivity contribution in [1.82, 2.24) is 4.98 Å². The number of allylic oxidation sites excluding steroid dienone is 1. The normalized spacial score (nSPS) is 24.3. The first-order valence-corrected chi connectivity index (χ1v) is 5.11. The number of carbonyl (C=O) groups is 1. The van der Waals surface area contributed by atoms with Gasteiger partial charge in [-0.1, -0.05) is 12.2 Å². The first-order valence-electron chi connectivity index (χ1n) is 5.11. The van der Waals surface area contributed by atoms with E-state index in [4.69, 9.17) is 5.73 Å². The molecule has 2 atom stereocenters. The van der Waals surface area contributed by atoms with Gasteiger partial charge in [-0.15, -0.1) is 0 Å². The number of pyridine rings is 1. The number of hydrogen-bond donors (Lipinski definition) is 1. The Hall–Kier alpha value is -1.48. The van der Waals surface area contributed by atoms with Crippen LogP contribution in [0.25, 0.3) is 0 Å². The van der Waals surface area contributed by atoms with Crippen LogP contribution in [0.1, 0.15) is 12.0 Å². The van der Waals surface area contributed by atoms with Crippen molar-refractivity contribution in [2.75, 3.05) is 0 Å². The highest BCUT2D eigenvalue weighted by Crippen LogP contribution is 2.19. The monoisotopic (exact) mass is 202 g/mol. The highest BCUT2D eigenvalue weighted by molar-refractivity contribution is 5.85. The summed E-state index contributed by atoms with van der Waals surface area (Å²) in [6, 6.07) is 3.80. The fourth-order valence-electron chi connectivity index (χ4n) is 1.80. The van der Waals surface area contributed by atoms with Gasteiger partial charge in [0.25, 0.3) is 0 Å². The molecule has 1 aromatic heterocycles. The summed E-state index contributed by atoms with van der Waals surface area (Å²) in [7, 11) is 0. The highest BCUT2D eigenvalue weighted by atomic mass is 16.1. The third-order valence-corrected chi connectivity index (χ3v) is 2.66. The Labute approximate surface area is 89.0 Å². The maximum absolute atomic E-state index is 11.8. The molecule has 2 rings (SSSR count). The highest BCUT2D eigenvalue weighted by Gasteiger charge is 2.22. The van der Waals surface area contributed by atoms with Gasteiger partial charge in [-0.25, -0.2) is 0 Å². The Morgan fingerprint density at radius 1 is 1.40 bits per heavy atom. The molecule has 0 radical (unpaired) electrons. The summed E-state index contributed by atoms with van der Waals surface area (Å²) >= 11 is 0. The number of aromatic nitrogens is 1. The van der Waals surface area contributed by atoms with Crippen molar-refractivity contribution in [3.63, 3.8) is 0 Å². The number of nitrogens with two attached hydrogens (primary N) is 1. The lowest BCUT2D eigenvalue weighted by Crippen LogP contribution is -2.20. The predicted octanol–water partition coefficient (Wildman–Crippen LogP) is 1.10. The number of carbonyl (C=O) groups excluding carboxylic acids is 1. The second kappa shape index (κ2) is 4.36. The fourth-order valence-corrected chi connectivity index (χ4v) is 1.80. The number of ketones is 1. The number of rotatable bonds is 3. The zero-order chi connectivity index (χ0) is 10.7. The number of Topliss-reactive ketones (excluding diaryl/α,β-unsaturated/α-hetero) is 1. The van der Waals surface area contributed by atoms with Crippen molar-refractivity contribution >= 4 is 5.78 Å². The Morgan fingerprint density at radius 2 is 2.13 bits per heavy atom. The van der Waals surface area contributed by atoms with E-state index in [9.17, 15) is 4.79 Å². The molecule has 3 heteroatoms. The average Bonchev–Trinajstić information content (AvgIpc) is 2.66.